The van der Waals surface area contributed by atoms with E-state index in [0.29, 0.717) is 11.4 Å². The van der Waals surface area contributed by atoms with Gasteiger partial charge in [0.15, 0.2) is 0 Å². The minimum atomic E-state index is -3.58. The molecule has 0 saturated carbocycles. The molecule has 0 radical (unpaired) electrons. The van der Waals surface area contributed by atoms with Crippen LogP contribution < -0.4 is 15.2 Å². The zero-order chi connectivity index (χ0) is 15.2. The van der Waals surface area contributed by atoms with Crippen LogP contribution in [0.3, 0.4) is 0 Å². The molecule has 20 heavy (non-hydrogen) atoms. The Kier molecular flexibility index (Phi) is 5.63. The van der Waals surface area contributed by atoms with Crippen molar-refractivity contribution in [2.75, 3.05) is 30.4 Å². The molecule has 0 aliphatic heterocycles. The van der Waals surface area contributed by atoms with Crippen molar-refractivity contribution in [2.24, 2.45) is 0 Å². The van der Waals surface area contributed by atoms with Crippen molar-refractivity contribution in [3.63, 3.8) is 0 Å². The predicted octanol–water partition coefficient (Wildman–Crippen LogP) is 0.972. The molecule has 0 aliphatic rings. The van der Waals surface area contributed by atoms with Gasteiger partial charge in [-0.3, -0.25) is 9.52 Å². The molecule has 0 aliphatic carbocycles. The van der Waals surface area contributed by atoms with Gasteiger partial charge < -0.3 is 15.2 Å². The Labute approximate surface area is 118 Å². The summed E-state index contributed by atoms with van der Waals surface area (Å²) in [4.78, 5) is 10.9. The van der Waals surface area contributed by atoms with E-state index in [9.17, 15) is 13.2 Å². The van der Waals surface area contributed by atoms with Gasteiger partial charge in [-0.15, -0.1) is 0 Å². The van der Waals surface area contributed by atoms with Gasteiger partial charge >= 0.3 is 5.97 Å². The third-order valence-corrected chi connectivity index (χ3v) is 3.90. The Morgan fingerprint density at radius 2 is 2.05 bits per heavy atom. The number of anilines is 2. The van der Waals surface area contributed by atoms with Crippen LogP contribution in [0.25, 0.3) is 0 Å². The molecule has 0 amide bonds. The molecular formula is C12H18N2O5S. The summed E-state index contributed by atoms with van der Waals surface area (Å²) >= 11 is 0. The highest BCUT2D eigenvalue weighted by atomic mass is 32.2. The number of ether oxygens (including phenoxy) is 2. The quantitative estimate of drug-likeness (QED) is 0.574. The third kappa shape index (κ3) is 4.96. The molecule has 7 nitrogen and oxygen atoms in total. The smallest absolute Gasteiger partial charge is 0.305 e. The SMILES string of the molecule is COC(=O)CCCS(=O)(=O)Nc1cc(OC)ccc1N. The van der Waals surface area contributed by atoms with Gasteiger partial charge in [-0.2, -0.15) is 0 Å². The number of nitrogen functional groups attached to an aromatic ring is 1. The van der Waals surface area contributed by atoms with Crippen molar-refractivity contribution < 1.29 is 22.7 Å². The second-order valence-corrected chi connectivity index (χ2v) is 5.90. The molecular weight excluding hydrogens is 284 g/mol. The molecule has 1 rings (SSSR count). The Hall–Kier alpha value is -1.96. The van der Waals surface area contributed by atoms with Gasteiger partial charge in [-0.1, -0.05) is 0 Å². The zero-order valence-corrected chi connectivity index (χ0v) is 12.2. The highest BCUT2D eigenvalue weighted by Gasteiger charge is 2.14. The molecule has 0 aromatic heterocycles. The van der Waals surface area contributed by atoms with E-state index in [1.807, 2.05) is 0 Å². The van der Waals surface area contributed by atoms with Crippen LogP contribution in [0.4, 0.5) is 11.4 Å². The van der Waals surface area contributed by atoms with Crippen molar-refractivity contribution >= 4 is 27.4 Å². The molecule has 0 atom stereocenters. The first-order valence-corrected chi connectivity index (χ1v) is 7.54. The number of benzene rings is 1. The van der Waals surface area contributed by atoms with E-state index in [1.54, 1.807) is 12.1 Å². The van der Waals surface area contributed by atoms with Gasteiger partial charge in [0.25, 0.3) is 0 Å². The van der Waals surface area contributed by atoms with E-state index in [4.69, 9.17) is 10.5 Å². The number of esters is 1. The maximum absolute atomic E-state index is 11.9. The first-order valence-electron chi connectivity index (χ1n) is 5.89. The average molecular weight is 302 g/mol. The second kappa shape index (κ2) is 6.99. The van der Waals surface area contributed by atoms with Crippen LogP contribution in [0.2, 0.25) is 0 Å². The summed E-state index contributed by atoms with van der Waals surface area (Å²) in [5.74, 6) is -0.147. The Morgan fingerprint density at radius 1 is 1.35 bits per heavy atom. The molecule has 0 fully saturated rings. The number of hydrogen-bond acceptors (Lipinski definition) is 6. The molecule has 0 unspecified atom stereocenters. The maximum atomic E-state index is 11.9. The second-order valence-electron chi connectivity index (χ2n) is 4.05. The lowest BCUT2D eigenvalue weighted by Gasteiger charge is -2.11. The van der Waals surface area contributed by atoms with E-state index < -0.39 is 16.0 Å². The molecule has 112 valence electrons. The first-order chi connectivity index (χ1) is 9.38. The van der Waals surface area contributed by atoms with Crippen LogP contribution in [0.5, 0.6) is 5.75 Å². The largest absolute Gasteiger partial charge is 0.497 e. The fourth-order valence-corrected chi connectivity index (χ4v) is 2.62. The summed E-state index contributed by atoms with van der Waals surface area (Å²) in [6, 6.07) is 4.67. The van der Waals surface area contributed by atoms with Crippen LogP contribution in [0.1, 0.15) is 12.8 Å². The van der Waals surface area contributed by atoms with Crippen molar-refractivity contribution in [1.82, 2.24) is 0 Å². The van der Waals surface area contributed by atoms with E-state index in [2.05, 4.69) is 9.46 Å². The predicted molar refractivity (Wildman–Crippen MR) is 76.1 cm³/mol. The number of sulfonamides is 1. The Morgan fingerprint density at radius 3 is 2.65 bits per heavy atom. The van der Waals surface area contributed by atoms with Gasteiger partial charge in [0.1, 0.15) is 5.75 Å². The number of nitrogens with one attached hydrogen (secondary N) is 1. The lowest BCUT2D eigenvalue weighted by Crippen LogP contribution is -2.18. The van der Waals surface area contributed by atoms with Crippen LogP contribution in [-0.2, 0) is 19.6 Å². The topological polar surface area (TPSA) is 108 Å². The lowest BCUT2D eigenvalue weighted by atomic mass is 10.2. The van der Waals surface area contributed by atoms with Gasteiger partial charge in [0, 0.05) is 12.5 Å². The average Bonchev–Trinajstić information content (AvgIpc) is 2.40. The molecule has 0 spiro atoms. The molecule has 3 N–H and O–H groups in total. The van der Waals surface area contributed by atoms with Crippen molar-refractivity contribution in [3.05, 3.63) is 18.2 Å². The fourth-order valence-electron chi connectivity index (χ4n) is 1.48. The number of carbonyl (C=O) groups excluding carboxylic acids is 1. The standard InChI is InChI=1S/C12H18N2O5S/c1-18-9-5-6-10(13)11(8-9)14-20(16,17)7-3-4-12(15)19-2/h5-6,8,14H,3-4,7,13H2,1-2H3. The Bertz CT molecular complexity index is 571. The summed E-state index contributed by atoms with van der Waals surface area (Å²) in [5.41, 5.74) is 6.24. The van der Waals surface area contributed by atoms with Gasteiger partial charge in [-0.25, -0.2) is 8.42 Å². The maximum Gasteiger partial charge on any atom is 0.305 e. The molecule has 0 saturated heterocycles. The van der Waals surface area contributed by atoms with Gasteiger partial charge in [-0.05, 0) is 18.6 Å². The van der Waals surface area contributed by atoms with Crippen molar-refractivity contribution in [1.29, 1.82) is 0 Å². The summed E-state index contributed by atoms with van der Waals surface area (Å²) in [6.07, 6.45) is 0.219. The number of hydrogen-bond donors (Lipinski definition) is 2. The van der Waals surface area contributed by atoms with E-state index in [1.165, 1.54) is 20.3 Å². The molecule has 0 heterocycles. The minimum absolute atomic E-state index is 0.0466. The third-order valence-electron chi connectivity index (χ3n) is 2.55. The van der Waals surface area contributed by atoms with Crippen molar-refractivity contribution in [2.45, 2.75) is 12.8 Å². The summed E-state index contributed by atoms with van der Waals surface area (Å²) < 4.78 is 35.5. The van der Waals surface area contributed by atoms with E-state index >= 15 is 0 Å². The van der Waals surface area contributed by atoms with E-state index in [-0.39, 0.29) is 24.3 Å². The highest BCUT2D eigenvalue weighted by molar-refractivity contribution is 7.92. The van der Waals surface area contributed by atoms with E-state index in [0.717, 1.165) is 0 Å². The summed E-state index contributed by atoms with van der Waals surface area (Å²) in [5, 5.41) is 0. The van der Waals surface area contributed by atoms with Crippen LogP contribution in [-0.4, -0.2) is 34.4 Å². The number of rotatable bonds is 7. The molecule has 1 aromatic rings. The van der Waals surface area contributed by atoms with Crippen LogP contribution >= 0.6 is 0 Å². The minimum Gasteiger partial charge on any atom is -0.497 e. The van der Waals surface area contributed by atoms with Crippen LogP contribution in [0.15, 0.2) is 18.2 Å². The van der Waals surface area contributed by atoms with Crippen molar-refractivity contribution in [3.8, 4) is 5.75 Å². The van der Waals surface area contributed by atoms with Crippen LogP contribution in [0, 0.1) is 0 Å². The number of methoxy groups -OCH3 is 2. The Balaban J connectivity index is 2.68. The molecule has 1 aromatic carbocycles. The lowest BCUT2D eigenvalue weighted by molar-refractivity contribution is -0.140. The monoisotopic (exact) mass is 302 g/mol. The van der Waals surface area contributed by atoms with Gasteiger partial charge in [0.2, 0.25) is 10.0 Å². The highest BCUT2D eigenvalue weighted by Crippen LogP contribution is 2.25. The summed E-state index contributed by atoms with van der Waals surface area (Å²) in [7, 11) is -0.851. The molecule has 8 heteroatoms. The zero-order valence-electron chi connectivity index (χ0n) is 11.4. The summed E-state index contributed by atoms with van der Waals surface area (Å²) in [6.45, 7) is 0. The normalized spacial score (nSPS) is 10.9. The number of carbonyl (C=O) groups is 1. The number of nitrogens with two attached hydrogens (primary N) is 1. The molecule has 0 bridgehead atoms. The van der Waals surface area contributed by atoms with Gasteiger partial charge in [0.05, 0.1) is 31.3 Å². The fraction of sp³-hybridized carbons (Fsp3) is 0.417. The first kappa shape index (κ1) is 16.1.